The zero-order valence-electron chi connectivity index (χ0n) is 19.5. The molecule has 0 aromatic heterocycles. The highest BCUT2D eigenvalue weighted by molar-refractivity contribution is 8.00. The molecule has 0 saturated carbocycles. The molecule has 2 N–H and O–H groups in total. The van der Waals surface area contributed by atoms with Gasteiger partial charge in [0.15, 0.2) is 0 Å². The third kappa shape index (κ3) is 4.67. The molecule has 2 aromatic carbocycles. The number of rotatable bonds is 9. The summed E-state index contributed by atoms with van der Waals surface area (Å²) in [5.74, 6) is -2.69. The summed E-state index contributed by atoms with van der Waals surface area (Å²) in [6.45, 7) is 0.953. The minimum Gasteiger partial charge on any atom is -0.477 e. The largest absolute Gasteiger partial charge is 0.477 e. The summed E-state index contributed by atoms with van der Waals surface area (Å²) >= 11 is 1.19. The Balaban J connectivity index is 1.61. The molecule has 188 valence electrons. The maximum Gasteiger partial charge on any atom is 0.352 e. The second-order valence-electron chi connectivity index (χ2n) is 8.03. The van der Waals surface area contributed by atoms with Crippen LogP contribution in [0.1, 0.15) is 18.6 Å². The van der Waals surface area contributed by atoms with Crippen molar-refractivity contribution in [3.63, 3.8) is 0 Å². The minimum absolute atomic E-state index is 0.160. The number of nitrogens with one attached hydrogen (secondary N) is 1. The maximum atomic E-state index is 13.5. The van der Waals surface area contributed by atoms with E-state index in [2.05, 4.69) is 5.32 Å². The monoisotopic (exact) mass is 512 g/mol. The van der Waals surface area contributed by atoms with Gasteiger partial charge in [-0.25, -0.2) is 4.79 Å². The fraction of sp³-hybridized carbons (Fsp3) is 0.280. The van der Waals surface area contributed by atoms with Crippen LogP contribution in [0.15, 0.2) is 71.9 Å². The molecular formula is C25H24N2O8S. The molecule has 0 spiro atoms. The summed E-state index contributed by atoms with van der Waals surface area (Å²) in [5, 5.41) is 11.6. The zero-order valence-corrected chi connectivity index (χ0v) is 20.3. The number of esters is 1. The number of nitrogens with zero attached hydrogens (tertiary/aromatic N) is 1. The molecule has 3 atom stereocenters. The van der Waals surface area contributed by atoms with Crippen molar-refractivity contribution in [2.45, 2.75) is 24.1 Å². The Kier molecular flexibility index (Phi) is 7.32. The number of carbonyl (C=O) groups is 4. The molecule has 2 aliphatic heterocycles. The normalized spacial score (nSPS) is 21.7. The Morgan fingerprint density at radius 2 is 1.78 bits per heavy atom. The van der Waals surface area contributed by atoms with Gasteiger partial charge >= 0.3 is 11.9 Å². The number of aliphatic carboxylic acids is 1. The van der Waals surface area contributed by atoms with Gasteiger partial charge in [0.2, 0.25) is 6.10 Å². The minimum atomic E-state index is -1.80. The average Bonchev–Trinajstić information content (AvgIpc) is 2.89. The topological polar surface area (TPSA) is 131 Å². The Hall–Kier alpha value is -3.83. The standard InChI is InChI=1S/C25H24N2O8S/c1-15(28)34-13-17-14-36-24-25(33-2,23(32)27(24)19(17)22(30)31)26-21(29)20(16-9-5-3-6-10-16)35-18-11-7-4-8-12-18/h3-12,20,24H,13-14H2,1-2H3,(H,26,29)(H,30,31)/t20?,24-,25-/m1/s1. The van der Waals surface area contributed by atoms with E-state index in [0.717, 1.165) is 4.90 Å². The molecular weight excluding hydrogens is 488 g/mol. The molecule has 2 heterocycles. The predicted octanol–water partition coefficient (Wildman–Crippen LogP) is 2.08. The van der Waals surface area contributed by atoms with Gasteiger partial charge in [-0.2, -0.15) is 0 Å². The van der Waals surface area contributed by atoms with E-state index in [-0.39, 0.29) is 23.6 Å². The number of carboxylic acids is 1. The van der Waals surface area contributed by atoms with E-state index >= 15 is 0 Å². The molecule has 1 unspecified atom stereocenters. The number of benzene rings is 2. The number of carbonyl (C=O) groups excluding carboxylic acids is 3. The molecule has 36 heavy (non-hydrogen) atoms. The number of methoxy groups -OCH3 is 1. The van der Waals surface area contributed by atoms with Crippen molar-refractivity contribution < 1.29 is 38.5 Å². The maximum absolute atomic E-state index is 13.5. The van der Waals surface area contributed by atoms with Crippen molar-refractivity contribution in [3.8, 4) is 5.75 Å². The summed E-state index contributed by atoms with van der Waals surface area (Å²) < 4.78 is 16.5. The second kappa shape index (κ2) is 10.4. The van der Waals surface area contributed by atoms with Crippen molar-refractivity contribution in [2.24, 2.45) is 0 Å². The first-order chi connectivity index (χ1) is 17.3. The van der Waals surface area contributed by atoms with Gasteiger partial charge in [-0.1, -0.05) is 48.5 Å². The van der Waals surface area contributed by atoms with Gasteiger partial charge in [-0.15, -0.1) is 11.8 Å². The molecule has 2 amide bonds. The first-order valence-corrected chi connectivity index (χ1v) is 12.0. The lowest BCUT2D eigenvalue weighted by molar-refractivity contribution is -0.193. The van der Waals surface area contributed by atoms with Crippen LogP contribution in [0.5, 0.6) is 5.75 Å². The second-order valence-corrected chi connectivity index (χ2v) is 9.10. The molecule has 2 aliphatic rings. The fourth-order valence-corrected chi connectivity index (χ4v) is 5.45. The van der Waals surface area contributed by atoms with Gasteiger partial charge in [0.25, 0.3) is 17.5 Å². The number of β-lactam (4-membered cyclic amide) rings is 1. The number of fused-ring (bicyclic) bond motifs is 1. The predicted molar refractivity (Wildman–Crippen MR) is 129 cm³/mol. The number of carboxylic acid groups (broad SMARTS) is 1. The Morgan fingerprint density at radius 3 is 2.36 bits per heavy atom. The zero-order chi connectivity index (χ0) is 25.9. The summed E-state index contributed by atoms with van der Waals surface area (Å²) in [6.07, 6.45) is -1.11. The van der Waals surface area contributed by atoms with Crippen molar-refractivity contribution in [3.05, 3.63) is 77.5 Å². The quantitative estimate of drug-likeness (QED) is 0.294. The van der Waals surface area contributed by atoms with E-state index in [1.807, 2.05) is 6.07 Å². The van der Waals surface area contributed by atoms with Crippen LogP contribution in [0.4, 0.5) is 0 Å². The van der Waals surface area contributed by atoms with E-state index in [9.17, 15) is 24.3 Å². The van der Waals surface area contributed by atoms with Crippen LogP contribution in [-0.2, 0) is 28.7 Å². The van der Waals surface area contributed by atoms with Crippen molar-refractivity contribution in [1.82, 2.24) is 10.2 Å². The van der Waals surface area contributed by atoms with Gasteiger partial charge in [-0.3, -0.25) is 19.3 Å². The lowest BCUT2D eigenvalue weighted by atomic mass is 9.97. The first kappa shape index (κ1) is 25.3. The Bertz CT molecular complexity index is 1200. The highest BCUT2D eigenvalue weighted by atomic mass is 32.2. The number of hydrogen-bond donors (Lipinski definition) is 2. The molecule has 10 nitrogen and oxygen atoms in total. The van der Waals surface area contributed by atoms with E-state index in [1.165, 1.54) is 25.8 Å². The van der Waals surface area contributed by atoms with Crippen LogP contribution in [0.25, 0.3) is 0 Å². The molecule has 0 radical (unpaired) electrons. The van der Waals surface area contributed by atoms with E-state index < -0.39 is 41.0 Å². The van der Waals surface area contributed by atoms with Crippen LogP contribution >= 0.6 is 11.8 Å². The van der Waals surface area contributed by atoms with Crippen LogP contribution in [0.2, 0.25) is 0 Å². The molecule has 0 bridgehead atoms. The van der Waals surface area contributed by atoms with Gasteiger partial charge < -0.3 is 24.6 Å². The Morgan fingerprint density at radius 1 is 1.14 bits per heavy atom. The highest BCUT2D eigenvalue weighted by Crippen LogP contribution is 2.47. The van der Waals surface area contributed by atoms with Crippen LogP contribution < -0.4 is 10.1 Å². The highest BCUT2D eigenvalue weighted by Gasteiger charge is 2.67. The number of ether oxygens (including phenoxy) is 3. The molecule has 4 rings (SSSR count). The molecule has 1 saturated heterocycles. The summed E-state index contributed by atoms with van der Waals surface area (Å²) in [7, 11) is 1.27. The van der Waals surface area contributed by atoms with Gasteiger partial charge in [0.1, 0.15) is 23.4 Å². The van der Waals surface area contributed by atoms with Gasteiger partial charge in [0.05, 0.1) is 0 Å². The Labute approximate surface area is 211 Å². The van der Waals surface area contributed by atoms with Crippen molar-refractivity contribution in [2.75, 3.05) is 19.5 Å². The van der Waals surface area contributed by atoms with Gasteiger partial charge in [-0.05, 0) is 12.1 Å². The van der Waals surface area contributed by atoms with E-state index in [4.69, 9.17) is 14.2 Å². The molecule has 0 aliphatic carbocycles. The number of para-hydroxylation sites is 1. The number of amides is 2. The van der Waals surface area contributed by atoms with Crippen molar-refractivity contribution >= 4 is 35.5 Å². The number of hydrogen-bond acceptors (Lipinski definition) is 8. The first-order valence-electron chi connectivity index (χ1n) is 11.0. The van der Waals surface area contributed by atoms with E-state index in [1.54, 1.807) is 54.6 Å². The van der Waals surface area contributed by atoms with Crippen LogP contribution in [0, 0.1) is 0 Å². The van der Waals surface area contributed by atoms with Crippen LogP contribution in [0.3, 0.4) is 0 Å². The molecule has 2 aromatic rings. The summed E-state index contributed by atoms with van der Waals surface area (Å²) in [6, 6.07) is 17.5. The van der Waals surface area contributed by atoms with Gasteiger partial charge in [0, 0.05) is 30.9 Å². The van der Waals surface area contributed by atoms with Crippen molar-refractivity contribution in [1.29, 1.82) is 0 Å². The summed E-state index contributed by atoms with van der Waals surface area (Å²) in [5.41, 5.74) is -1.26. The third-order valence-corrected chi connectivity index (χ3v) is 7.10. The molecule has 1 fully saturated rings. The fourth-order valence-electron chi connectivity index (χ4n) is 4.03. The summed E-state index contributed by atoms with van der Waals surface area (Å²) in [4.78, 5) is 51.1. The smallest absolute Gasteiger partial charge is 0.352 e. The lowest BCUT2D eigenvalue weighted by Crippen LogP contribution is -2.81. The third-order valence-electron chi connectivity index (χ3n) is 5.73. The average molecular weight is 513 g/mol. The van der Waals surface area contributed by atoms with E-state index in [0.29, 0.717) is 11.3 Å². The van der Waals surface area contributed by atoms with Crippen LogP contribution in [-0.4, -0.2) is 64.3 Å². The molecule has 11 heteroatoms. The lowest BCUT2D eigenvalue weighted by Gasteiger charge is -2.55. The SMILES string of the molecule is CO[C@]1(NC(=O)C(Oc2ccccc2)c2ccccc2)C(=O)N2C(C(=O)O)=C(COC(C)=O)CS[C@@H]21. The number of thioether (sulfide) groups is 1.